The molecule has 1 aliphatic rings. The molecule has 3 nitrogen and oxygen atoms in total. The van der Waals surface area contributed by atoms with E-state index < -0.39 is 5.41 Å². The first-order chi connectivity index (χ1) is 34.7. The van der Waals surface area contributed by atoms with Crippen LogP contribution < -0.4 is 4.90 Å². The molecule has 11 aromatic carbocycles. The highest BCUT2D eigenvalue weighted by molar-refractivity contribution is 6.10. The fourth-order valence-electron chi connectivity index (χ4n) is 11.6. The second-order valence-corrected chi connectivity index (χ2v) is 18.4. The van der Waals surface area contributed by atoms with Crippen molar-refractivity contribution in [2.45, 2.75) is 5.41 Å². The molecule has 13 aromatic rings. The van der Waals surface area contributed by atoms with Crippen LogP contribution in [0.3, 0.4) is 0 Å². The number of aromatic nitrogens is 1. The summed E-state index contributed by atoms with van der Waals surface area (Å²) in [6, 6.07) is 97.2. The summed E-state index contributed by atoms with van der Waals surface area (Å²) in [5.74, 6) is 0. The van der Waals surface area contributed by atoms with E-state index in [0.29, 0.717) is 0 Å². The van der Waals surface area contributed by atoms with Gasteiger partial charge in [0, 0.05) is 49.9 Å². The van der Waals surface area contributed by atoms with Crippen LogP contribution in [0.5, 0.6) is 0 Å². The van der Waals surface area contributed by atoms with Gasteiger partial charge in [-0.15, -0.1) is 0 Å². The molecule has 0 bridgehead atoms. The number of furan rings is 1. The summed E-state index contributed by atoms with van der Waals surface area (Å²) < 4.78 is 8.87. The van der Waals surface area contributed by atoms with Gasteiger partial charge in [0.05, 0.1) is 16.4 Å². The van der Waals surface area contributed by atoms with E-state index in [1.165, 1.54) is 60.8 Å². The van der Waals surface area contributed by atoms with Crippen molar-refractivity contribution in [3.8, 4) is 39.1 Å². The lowest BCUT2D eigenvalue weighted by molar-refractivity contribution is 0.670. The lowest BCUT2D eigenvalue weighted by Crippen LogP contribution is -2.28. The Kier molecular flexibility index (Phi) is 9.11. The van der Waals surface area contributed by atoms with Crippen molar-refractivity contribution < 1.29 is 4.42 Å². The molecular formula is C67H44N2O. The maximum absolute atomic E-state index is 6.50. The van der Waals surface area contributed by atoms with Crippen LogP contribution in [0.4, 0.5) is 17.1 Å². The quantitative estimate of drug-likeness (QED) is 0.152. The third-order valence-corrected chi connectivity index (χ3v) is 14.7. The van der Waals surface area contributed by atoms with Crippen LogP contribution in [-0.2, 0) is 5.41 Å². The third kappa shape index (κ3) is 6.08. The molecule has 2 heterocycles. The number of rotatable bonds is 8. The van der Waals surface area contributed by atoms with E-state index in [4.69, 9.17) is 4.42 Å². The molecule has 2 aromatic heterocycles. The highest BCUT2D eigenvalue weighted by atomic mass is 16.3. The van der Waals surface area contributed by atoms with Crippen molar-refractivity contribution in [1.82, 2.24) is 4.57 Å². The van der Waals surface area contributed by atoms with Gasteiger partial charge in [-0.1, -0.05) is 200 Å². The fraction of sp³-hybridized carbons (Fsp3) is 0.0149. The van der Waals surface area contributed by atoms with Gasteiger partial charge in [0.2, 0.25) is 0 Å². The molecule has 70 heavy (non-hydrogen) atoms. The van der Waals surface area contributed by atoms with E-state index in [0.717, 1.165) is 61.4 Å². The predicted octanol–water partition coefficient (Wildman–Crippen LogP) is 17.8. The van der Waals surface area contributed by atoms with Gasteiger partial charge >= 0.3 is 0 Å². The van der Waals surface area contributed by atoms with Crippen molar-refractivity contribution >= 4 is 60.8 Å². The van der Waals surface area contributed by atoms with E-state index in [1.807, 2.05) is 12.1 Å². The zero-order chi connectivity index (χ0) is 46.2. The van der Waals surface area contributed by atoms with E-state index in [-0.39, 0.29) is 0 Å². The minimum atomic E-state index is -0.476. The Morgan fingerprint density at radius 1 is 0.329 bits per heavy atom. The average molecular weight is 893 g/mol. The maximum atomic E-state index is 6.50. The van der Waals surface area contributed by atoms with Crippen LogP contribution in [0.1, 0.15) is 22.3 Å². The Morgan fingerprint density at radius 3 is 1.47 bits per heavy atom. The molecule has 0 amide bonds. The SMILES string of the molecule is c1ccc(C2(c3ccccc3)c3ccccc3-c3cc(N(c4ccc(-c5ccc(-n6c7ccccc7c7ccccc76)cc5)cc4)c4ccc(-c5cccc6c5oc5ccccc56)cc4)ccc32)cc1. The van der Waals surface area contributed by atoms with E-state index in [1.54, 1.807) is 0 Å². The summed E-state index contributed by atoms with van der Waals surface area (Å²) in [5.41, 5.74) is 20.2. The average Bonchev–Trinajstić information content (AvgIpc) is 4.09. The van der Waals surface area contributed by atoms with Crippen LogP contribution in [0.15, 0.2) is 271 Å². The zero-order valence-corrected chi connectivity index (χ0v) is 38.2. The summed E-state index contributed by atoms with van der Waals surface area (Å²) in [6.07, 6.45) is 0. The molecule has 0 spiro atoms. The number of nitrogens with zero attached hydrogens (tertiary/aromatic N) is 2. The first-order valence-corrected chi connectivity index (χ1v) is 24.1. The molecule has 0 unspecified atom stereocenters. The number of para-hydroxylation sites is 4. The first kappa shape index (κ1) is 39.9. The molecule has 0 saturated heterocycles. The lowest BCUT2D eigenvalue weighted by Gasteiger charge is -2.34. The highest BCUT2D eigenvalue weighted by Crippen LogP contribution is 2.57. The molecule has 0 radical (unpaired) electrons. The predicted molar refractivity (Wildman–Crippen MR) is 291 cm³/mol. The van der Waals surface area contributed by atoms with E-state index >= 15 is 0 Å². The van der Waals surface area contributed by atoms with E-state index in [9.17, 15) is 0 Å². The Morgan fingerprint density at radius 2 is 0.814 bits per heavy atom. The number of benzene rings is 11. The van der Waals surface area contributed by atoms with Gasteiger partial charge in [0.15, 0.2) is 0 Å². The number of fused-ring (bicyclic) bond motifs is 9. The number of anilines is 3. The van der Waals surface area contributed by atoms with Crippen LogP contribution in [0, 0.1) is 0 Å². The molecule has 0 saturated carbocycles. The Labute approximate surface area is 406 Å². The van der Waals surface area contributed by atoms with Gasteiger partial charge in [-0.3, -0.25) is 0 Å². The van der Waals surface area contributed by atoms with Gasteiger partial charge in [-0.25, -0.2) is 0 Å². The van der Waals surface area contributed by atoms with Crippen molar-refractivity contribution in [2.75, 3.05) is 4.90 Å². The molecule has 328 valence electrons. The van der Waals surface area contributed by atoms with Crippen molar-refractivity contribution in [1.29, 1.82) is 0 Å². The van der Waals surface area contributed by atoms with E-state index in [2.05, 4.69) is 264 Å². The van der Waals surface area contributed by atoms with Crippen LogP contribution in [0.25, 0.3) is 82.8 Å². The Hall–Kier alpha value is -9.18. The summed E-state index contributed by atoms with van der Waals surface area (Å²) in [7, 11) is 0. The molecule has 0 atom stereocenters. The molecule has 0 N–H and O–H groups in total. The second kappa shape index (κ2) is 16.0. The standard InChI is InChI=1S/C67H44N2O/c1-3-16-48(17-4-1)67(49-18-5-2-6-19-49)61-26-11-7-20-55(61)60-44-53(42-43-62(60)67)68(51-40-34-47(35-41-51)54-24-15-25-59-58-23-10-14-29-65(58)70-66(54)59)50-36-30-45(31-37-50)46-32-38-52(39-33-46)69-63-27-12-8-21-56(63)57-22-9-13-28-64(57)69/h1-44H. The summed E-state index contributed by atoms with van der Waals surface area (Å²) in [4.78, 5) is 2.40. The number of hydrogen-bond acceptors (Lipinski definition) is 2. The molecule has 0 aliphatic heterocycles. The number of hydrogen-bond donors (Lipinski definition) is 0. The third-order valence-electron chi connectivity index (χ3n) is 14.7. The monoisotopic (exact) mass is 892 g/mol. The van der Waals surface area contributed by atoms with Gasteiger partial charge in [0.1, 0.15) is 11.2 Å². The summed E-state index contributed by atoms with van der Waals surface area (Å²) >= 11 is 0. The second-order valence-electron chi connectivity index (χ2n) is 18.4. The zero-order valence-electron chi connectivity index (χ0n) is 38.2. The largest absolute Gasteiger partial charge is 0.455 e. The van der Waals surface area contributed by atoms with Crippen molar-refractivity contribution in [2.24, 2.45) is 0 Å². The van der Waals surface area contributed by atoms with Gasteiger partial charge < -0.3 is 13.9 Å². The van der Waals surface area contributed by atoms with Crippen LogP contribution in [-0.4, -0.2) is 4.57 Å². The van der Waals surface area contributed by atoms with Crippen LogP contribution >= 0.6 is 0 Å². The maximum Gasteiger partial charge on any atom is 0.143 e. The van der Waals surface area contributed by atoms with Gasteiger partial charge in [-0.2, -0.15) is 0 Å². The van der Waals surface area contributed by atoms with Gasteiger partial charge in [-0.05, 0) is 117 Å². The van der Waals surface area contributed by atoms with Crippen LogP contribution in [0.2, 0.25) is 0 Å². The summed E-state index contributed by atoms with van der Waals surface area (Å²) in [5, 5.41) is 4.78. The molecule has 0 fully saturated rings. The normalized spacial score (nSPS) is 12.7. The highest BCUT2D eigenvalue weighted by Gasteiger charge is 2.46. The minimum Gasteiger partial charge on any atom is -0.455 e. The Balaban J connectivity index is 0.892. The fourth-order valence-corrected chi connectivity index (χ4v) is 11.6. The minimum absolute atomic E-state index is 0.476. The molecule has 14 rings (SSSR count). The molecule has 3 heteroatoms. The first-order valence-electron chi connectivity index (χ1n) is 24.1. The Bertz CT molecular complexity index is 4000. The van der Waals surface area contributed by atoms with Crippen molar-refractivity contribution in [3.63, 3.8) is 0 Å². The smallest absolute Gasteiger partial charge is 0.143 e. The molecular weight excluding hydrogens is 849 g/mol. The topological polar surface area (TPSA) is 21.3 Å². The lowest BCUT2D eigenvalue weighted by atomic mass is 9.68. The van der Waals surface area contributed by atoms with Gasteiger partial charge in [0.25, 0.3) is 0 Å². The molecule has 1 aliphatic carbocycles. The summed E-state index contributed by atoms with van der Waals surface area (Å²) in [6.45, 7) is 0. The van der Waals surface area contributed by atoms with Crippen molar-refractivity contribution in [3.05, 3.63) is 289 Å².